The van der Waals surface area contributed by atoms with E-state index in [-0.39, 0.29) is 5.60 Å². The fraction of sp³-hybridized carbons (Fsp3) is 0.714. The summed E-state index contributed by atoms with van der Waals surface area (Å²) in [7, 11) is 0. The zero-order valence-corrected chi connectivity index (χ0v) is 10.4. The molecule has 1 fully saturated rings. The van der Waals surface area contributed by atoms with Crippen LogP contribution in [0.4, 0.5) is 0 Å². The fourth-order valence-corrected chi connectivity index (χ4v) is 2.48. The molecule has 0 spiro atoms. The molecule has 15 heavy (non-hydrogen) atoms. The summed E-state index contributed by atoms with van der Waals surface area (Å²) in [5.74, 6) is 0. The molecule has 1 nitrogen and oxygen atoms in total. The Labute approximate surface area is 93.2 Å². The van der Waals surface area contributed by atoms with Gasteiger partial charge in [0.05, 0.1) is 6.61 Å². The topological polar surface area (TPSA) is 12.5 Å². The van der Waals surface area contributed by atoms with Gasteiger partial charge in [0.15, 0.2) is 0 Å². The lowest BCUT2D eigenvalue weighted by Crippen LogP contribution is -2.19. The highest BCUT2D eigenvalue weighted by atomic mass is 16.6. The van der Waals surface area contributed by atoms with E-state index < -0.39 is 0 Å². The van der Waals surface area contributed by atoms with Crippen molar-refractivity contribution >= 4 is 0 Å². The molecule has 2 rings (SSSR count). The lowest BCUT2D eigenvalue weighted by Gasteiger charge is -2.33. The standard InChI is InChI=1S/C14H22O/c1-11-6-5-8-13(2,3)12(11)7-9-14(4)10-15-14/h7,9H,5-6,8,10H2,1-4H3/b9-7+/i7+2. The van der Waals surface area contributed by atoms with Gasteiger partial charge in [0.1, 0.15) is 5.60 Å². The molecule has 0 radical (unpaired) electrons. The smallest absolute Gasteiger partial charge is 0.107 e. The monoisotopic (exact) mass is 208 g/mol. The van der Waals surface area contributed by atoms with Crippen LogP contribution >= 0.6 is 0 Å². The zero-order chi connectivity index (χ0) is 11.1. The molecule has 1 aliphatic heterocycles. The minimum absolute atomic E-state index is 0.0425. The summed E-state index contributed by atoms with van der Waals surface area (Å²) >= 11 is 0. The lowest BCUT2D eigenvalue weighted by molar-refractivity contribution is 0.364. The Kier molecular flexibility index (Phi) is 2.54. The van der Waals surface area contributed by atoms with Crippen molar-refractivity contribution in [2.75, 3.05) is 6.61 Å². The Morgan fingerprint density at radius 3 is 2.53 bits per heavy atom. The molecular weight excluding hydrogens is 186 g/mol. The Hall–Kier alpha value is -0.560. The maximum Gasteiger partial charge on any atom is 0.107 e. The van der Waals surface area contributed by atoms with Gasteiger partial charge < -0.3 is 4.74 Å². The van der Waals surface area contributed by atoms with Crippen molar-refractivity contribution in [1.29, 1.82) is 0 Å². The van der Waals surface area contributed by atoms with Crippen LogP contribution in [-0.4, -0.2) is 12.2 Å². The minimum atomic E-state index is 0.0425. The SMILES string of the molecule is CC1=C(/[14CH]=C/C2(C)CO2)C(C)(C)CCC1. The van der Waals surface area contributed by atoms with Crippen molar-refractivity contribution in [3.63, 3.8) is 0 Å². The normalized spacial score (nSPS) is 34.9. The maximum atomic E-state index is 5.38. The summed E-state index contributed by atoms with van der Waals surface area (Å²) in [5, 5.41) is 0. The number of rotatable bonds is 2. The summed E-state index contributed by atoms with van der Waals surface area (Å²) in [6.45, 7) is 10.0. The summed E-state index contributed by atoms with van der Waals surface area (Å²) in [6, 6.07) is 0. The van der Waals surface area contributed by atoms with Gasteiger partial charge in [-0.15, -0.1) is 0 Å². The quantitative estimate of drug-likeness (QED) is 0.628. The van der Waals surface area contributed by atoms with Gasteiger partial charge in [-0.2, -0.15) is 0 Å². The molecule has 1 saturated heterocycles. The largest absolute Gasteiger partial charge is 0.365 e. The average molecular weight is 208 g/mol. The summed E-state index contributed by atoms with van der Waals surface area (Å²) in [5.41, 5.74) is 3.49. The van der Waals surface area contributed by atoms with Crippen LogP contribution in [0.2, 0.25) is 0 Å². The van der Waals surface area contributed by atoms with Crippen molar-refractivity contribution in [2.45, 2.75) is 52.6 Å². The van der Waals surface area contributed by atoms with Crippen molar-refractivity contribution in [3.8, 4) is 0 Å². The Morgan fingerprint density at radius 2 is 2.00 bits per heavy atom. The summed E-state index contributed by atoms with van der Waals surface area (Å²) < 4.78 is 5.38. The molecule has 1 aliphatic carbocycles. The van der Waals surface area contributed by atoms with Gasteiger partial charge in [0.25, 0.3) is 0 Å². The van der Waals surface area contributed by atoms with Crippen LogP contribution in [0.5, 0.6) is 0 Å². The first-order chi connectivity index (χ1) is 6.93. The first-order valence-electron chi connectivity index (χ1n) is 5.96. The number of ether oxygens (including phenoxy) is 1. The molecule has 1 heterocycles. The summed E-state index contributed by atoms with van der Waals surface area (Å²) in [6.07, 6.45) is 8.45. The van der Waals surface area contributed by atoms with Crippen LogP contribution in [0.3, 0.4) is 0 Å². The molecule has 0 aromatic heterocycles. The van der Waals surface area contributed by atoms with E-state index >= 15 is 0 Å². The molecule has 0 amide bonds. The molecule has 1 unspecified atom stereocenters. The van der Waals surface area contributed by atoms with Crippen LogP contribution in [0.25, 0.3) is 0 Å². The highest BCUT2D eigenvalue weighted by Gasteiger charge is 2.36. The molecule has 1 heteroatoms. The second kappa shape index (κ2) is 3.48. The van der Waals surface area contributed by atoms with Crippen LogP contribution in [0.15, 0.2) is 23.3 Å². The third-order valence-corrected chi connectivity index (χ3v) is 3.74. The van der Waals surface area contributed by atoms with Gasteiger partial charge in [0.2, 0.25) is 0 Å². The van der Waals surface area contributed by atoms with E-state index in [0.717, 1.165) is 6.61 Å². The van der Waals surface area contributed by atoms with E-state index in [4.69, 9.17) is 4.74 Å². The lowest BCUT2D eigenvalue weighted by atomic mass is 9.77. The summed E-state index contributed by atoms with van der Waals surface area (Å²) in [4.78, 5) is 0. The number of allylic oxidation sites excluding steroid dienone is 3. The number of hydrogen-bond donors (Lipinski definition) is 0. The molecule has 0 aromatic rings. The van der Waals surface area contributed by atoms with Crippen LogP contribution < -0.4 is 0 Å². The van der Waals surface area contributed by atoms with E-state index in [2.05, 4.69) is 39.8 Å². The molecule has 0 aromatic carbocycles. The zero-order valence-electron chi connectivity index (χ0n) is 10.4. The van der Waals surface area contributed by atoms with E-state index in [1.54, 1.807) is 5.57 Å². The molecule has 1 atom stereocenters. The van der Waals surface area contributed by atoms with E-state index in [1.165, 1.54) is 24.8 Å². The minimum Gasteiger partial charge on any atom is -0.365 e. The van der Waals surface area contributed by atoms with Gasteiger partial charge in [0, 0.05) is 0 Å². The third kappa shape index (κ3) is 2.34. The number of hydrogen-bond acceptors (Lipinski definition) is 1. The van der Waals surface area contributed by atoms with E-state index in [0.29, 0.717) is 5.41 Å². The molecule has 84 valence electrons. The van der Waals surface area contributed by atoms with Crippen molar-refractivity contribution in [2.24, 2.45) is 5.41 Å². The molecular formula is C14H22O. The van der Waals surface area contributed by atoms with E-state index in [9.17, 15) is 0 Å². The predicted molar refractivity (Wildman–Crippen MR) is 63.8 cm³/mol. The third-order valence-electron chi connectivity index (χ3n) is 3.74. The van der Waals surface area contributed by atoms with Crippen LogP contribution in [-0.2, 0) is 4.74 Å². The van der Waals surface area contributed by atoms with Crippen molar-refractivity contribution < 1.29 is 4.74 Å². The van der Waals surface area contributed by atoms with Gasteiger partial charge in [-0.25, -0.2) is 0 Å². The second-order valence-electron chi connectivity index (χ2n) is 5.87. The maximum absolute atomic E-state index is 5.38. The first kappa shape index (κ1) is 10.9. The van der Waals surface area contributed by atoms with Gasteiger partial charge >= 0.3 is 0 Å². The Balaban J connectivity index is 2.20. The average Bonchev–Trinajstić information content (AvgIpc) is 2.82. The predicted octanol–water partition coefficient (Wildman–Crippen LogP) is 3.86. The molecule has 0 bridgehead atoms. The van der Waals surface area contributed by atoms with Crippen LogP contribution in [0, 0.1) is 5.41 Å². The van der Waals surface area contributed by atoms with Crippen molar-refractivity contribution in [1.82, 2.24) is 0 Å². The second-order valence-corrected chi connectivity index (χ2v) is 5.87. The van der Waals surface area contributed by atoms with Gasteiger partial charge in [-0.1, -0.05) is 31.6 Å². The van der Waals surface area contributed by atoms with Crippen molar-refractivity contribution in [3.05, 3.63) is 23.3 Å². The first-order valence-corrected chi connectivity index (χ1v) is 5.96. The molecule has 0 N–H and O–H groups in total. The highest BCUT2D eigenvalue weighted by molar-refractivity contribution is 5.34. The Bertz CT molecular complexity index is 316. The number of epoxide rings is 1. The molecule has 2 aliphatic rings. The van der Waals surface area contributed by atoms with Gasteiger partial charge in [-0.05, 0) is 44.1 Å². The molecule has 0 saturated carbocycles. The van der Waals surface area contributed by atoms with Crippen LogP contribution in [0.1, 0.15) is 47.0 Å². The fourth-order valence-electron chi connectivity index (χ4n) is 2.48. The van der Waals surface area contributed by atoms with E-state index in [1.807, 2.05) is 0 Å². The van der Waals surface area contributed by atoms with Gasteiger partial charge in [-0.3, -0.25) is 0 Å². The Morgan fingerprint density at radius 1 is 1.33 bits per heavy atom. The highest BCUT2D eigenvalue weighted by Crippen LogP contribution is 2.41.